The minimum absolute atomic E-state index is 0.151. The van der Waals surface area contributed by atoms with E-state index in [4.69, 9.17) is 0 Å². The Kier molecular flexibility index (Phi) is 8.55. The number of benzene rings is 1. The molecule has 21 heavy (non-hydrogen) atoms. The first-order chi connectivity index (χ1) is 10.1. The van der Waals surface area contributed by atoms with Crippen LogP contribution in [0.5, 0.6) is 0 Å². The van der Waals surface area contributed by atoms with Crippen LogP contribution in [0.2, 0.25) is 0 Å². The summed E-state index contributed by atoms with van der Waals surface area (Å²) in [5, 5.41) is 3.48. The first-order valence-electron chi connectivity index (χ1n) is 8.31. The maximum Gasteiger partial charge on any atom is 0.123 e. The van der Waals surface area contributed by atoms with E-state index < -0.39 is 0 Å². The predicted octanol–water partition coefficient (Wildman–Crippen LogP) is 4.23. The second-order valence-corrected chi connectivity index (χ2v) is 5.86. The Morgan fingerprint density at radius 1 is 1.24 bits per heavy atom. The number of nitrogens with one attached hydrogen (secondary N) is 1. The van der Waals surface area contributed by atoms with Gasteiger partial charge in [-0.15, -0.1) is 0 Å². The standard InChI is InChI=1S/C18H31FN2/c1-5-15(4)14-21(7-3)12-11-18(20-6-2)16-9-8-10-17(19)13-16/h8-10,13,15,18,20H,5-7,11-12,14H2,1-4H3. The lowest BCUT2D eigenvalue weighted by Gasteiger charge is -2.26. The van der Waals surface area contributed by atoms with E-state index in [9.17, 15) is 4.39 Å². The van der Waals surface area contributed by atoms with Crippen LogP contribution in [0.15, 0.2) is 24.3 Å². The van der Waals surface area contributed by atoms with Crippen molar-refractivity contribution in [3.05, 3.63) is 35.6 Å². The Morgan fingerprint density at radius 2 is 2.00 bits per heavy atom. The molecule has 0 saturated heterocycles. The van der Waals surface area contributed by atoms with Gasteiger partial charge in [0.05, 0.1) is 0 Å². The fourth-order valence-corrected chi connectivity index (χ4v) is 2.62. The van der Waals surface area contributed by atoms with Gasteiger partial charge in [0.25, 0.3) is 0 Å². The predicted molar refractivity (Wildman–Crippen MR) is 89.0 cm³/mol. The van der Waals surface area contributed by atoms with E-state index in [-0.39, 0.29) is 11.9 Å². The summed E-state index contributed by atoms with van der Waals surface area (Å²) in [5.74, 6) is 0.582. The topological polar surface area (TPSA) is 15.3 Å². The van der Waals surface area contributed by atoms with Crippen molar-refractivity contribution in [3.8, 4) is 0 Å². The first-order valence-corrected chi connectivity index (χ1v) is 8.31. The van der Waals surface area contributed by atoms with Crippen molar-refractivity contribution >= 4 is 0 Å². The minimum atomic E-state index is -0.151. The van der Waals surface area contributed by atoms with Gasteiger partial charge in [-0.2, -0.15) is 0 Å². The summed E-state index contributed by atoms with van der Waals surface area (Å²) in [7, 11) is 0. The van der Waals surface area contributed by atoms with E-state index >= 15 is 0 Å². The smallest absolute Gasteiger partial charge is 0.123 e. The summed E-state index contributed by atoms with van der Waals surface area (Å²) in [4.78, 5) is 2.50. The molecule has 0 aliphatic carbocycles. The van der Waals surface area contributed by atoms with Gasteiger partial charge in [-0.05, 0) is 49.7 Å². The van der Waals surface area contributed by atoms with E-state index in [1.54, 1.807) is 12.1 Å². The zero-order valence-electron chi connectivity index (χ0n) is 14.0. The molecule has 0 aliphatic rings. The molecule has 0 amide bonds. The van der Waals surface area contributed by atoms with Crippen LogP contribution in [0.1, 0.15) is 52.1 Å². The van der Waals surface area contributed by atoms with Gasteiger partial charge < -0.3 is 10.2 Å². The second-order valence-electron chi connectivity index (χ2n) is 5.86. The van der Waals surface area contributed by atoms with Crippen molar-refractivity contribution < 1.29 is 4.39 Å². The zero-order valence-corrected chi connectivity index (χ0v) is 14.0. The van der Waals surface area contributed by atoms with E-state index in [1.165, 1.54) is 12.5 Å². The highest BCUT2D eigenvalue weighted by Gasteiger charge is 2.14. The Labute approximate surface area is 129 Å². The van der Waals surface area contributed by atoms with Gasteiger partial charge in [0, 0.05) is 12.6 Å². The van der Waals surface area contributed by atoms with Crippen LogP contribution >= 0.6 is 0 Å². The molecule has 1 aromatic carbocycles. The average molecular weight is 294 g/mol. The summed E-state index contributed by atoms with van der Waals surface area (Å²) in [6.07, 6.45) is 2.23. The molecule has 2 nitrogen and oxygen atoms in total. The van der Waals surface area contributed by atoms with Gasteiger partial charge in [0.1, 0.15) is 5.82 Å². The molecular weight excluding hydrogens is 263 g/mol. The summed E-state index contributed by atoms with van der Waals surface area (Å²) in [6.45, 7) is 13.0. The summed E-state index contributed by atoms with van der Waals surface area (Å²) >= 11 is 0. The van der Waals surface area contributed by atoms with Crippen molar-refractivity contribution in [2.75, 3.05) is 26.2 Å². The number of hydrogen-bond donors (Lipinski definition) is 1. The van der Waals surface area contributed by atoms with E-state index in [1.807, 2.05) is 6.07 Å². The molecule has 0 fully saturated rings. The number of halogens is 1. The molecule has 2 atom stereocenters. The molecule has 0 aromatic heterocycles. The number of hydrogen-bond acceptors (Lipinski definition) is 2. The Balaban J connectivity index is 2.61. The molecule has 0 radical (unpaired) electrons. The van der Waals surface area contributed by atoms with Crippen LogP contribution in [0.25, 0.3) is 0 Å². The van der Waals surface area contributed by atoms with Gasteiger partial charge in [0.2, 0.25) is 0 Å². The van der Waals surface area contributed by atoms with Crippen LogP contribution in [0, 0.1) is 11.7 Å². The van der Waals surface area contributed by atoms with Crippen molar-refractivity contribution in [2.45, 2.75) is 46.6 Å². The maximum atomic E-state index is 13.4. The number of rotatable bonds is 10. The van der Waals surface area contributed by atoms with Gasteiger partial charge >= 0.3 is 0 Å². The molecule has 3 heteroatoms. The van der Waals surface area contributed by atoms with Crippen LogP contribution in [-0.2, 0) is 0 Å². The molecule has 1 aromatic rings. The summed E-state index contributed by atoms with van der Waals surface area (Å²) in [6, 6.07) is 7.20. The van der Waals surface area contributed by atoms with Crippen LogP contribution in [-0.4, -0.2) is 31.1 Å². The van der Waals surface area contributed by atoms with Gasteiger partial charge in [-0.25, -0.2) is 4.39 Å². The molecule has 0 aliphatic heterocycles. The SMILES string of the molecule is CCNC(CCN(CC)CC(C)CC)c1cccc(F)c1. The molecule has 120 valence electrons. The normalized spacial score (nSPS) is 14.4. The highest BCUT2D eigenvalue weighted by atomic mass is 19.1. The first kappa shape index (κ1) is 18.1. The van der Waals surface area contributed by atoms with Crippen molar-refractivity contribution in [1.29, 1.82) is 0 Å². The highest BCUT2D eigenvalue weighted by Crippen LogP contribution is 2.18. The third-order valence-electron chi connectivity index (χ3n) is 4.15. The fourth-order valence-electron chi connectivity index (χ4n) is 2.62. The largest absolute Gasteiger partial charge is 0.310 e. The molecule has 0 saturated carbocycles. The Morgan fingerprint density at radius 3 is 2.57 bits per heavy atom. The molecule has 0 bridgehead atoms. The van der Waals surface area contributed by atoms with E-state index in [0.717, 1.165) is 44.1 Å². The fraction of sp³-hybridized carbons (Fsp3) is 0.667. The molecule has 0 spiro atoms. The number of nitrogens with zero attached hydrogens (tertiary/aromatic N) is 1. The van der Waals surface area contributed by atoms with Crippen LogP contribution in [0.4, 0.5) is 4.39 Å². The molecule has 1 rings (SSSR count). The molecule has 1 N–H and O–H groups in total. The molecule has 0 heterocycles. The summed E-state index contributed by atoms with van der Waals surface area (Å²) < 4.78 is 13.4. The quantitative estimate of drug-likeness (QED) is 0.694. The Hall–Kier alpha value is -0.930. The lowest BCUT2D eigenvalue weighted by molar-refractivity contribution is 0.233. The minimum Gasteiger partial charge on any atom is -0.310 e. The third kappa shape index (κ3) is 6.58. The third-order valence-corrected chi connectivity index (χ3v) is 4.15. The maximum absolute atomic E-state index is 13.4. The van der Waals surface area contributed by atoms with E-state index in [0.29, 0.717) is 0 Å². The highest BCUT2D eigenvalue weighted by molar-refractivity contribution is 5.20. The molecule has 2 unspecified atom stereocenters. The van der Waals surface area contributed by atoms with Crippen molar-refractivity contribution in [1.82, 2.24) is 10.2 Å². The summed E-state index contributed by atoms with van der Waals surface area (Å²) in [5.41, 5.74) is 1.05. The second kappa shape index (κ2) is 9.91. The van der Waals surface area contributed by atoms with Crippen LogP contribution < -0.4 is 5.32 Å². The van der Waals surface area contributed by atoms with Crippen molar-refractivity contribution in [2.24, 2.45) is 5.92 Å². The zero-order chi connectivity index (χ0) is 15.7. The van der Waals surface area contributed by atoms with Crippen molar-refractivity contribution in [3.63, 3.8) is 0 Å². The lowest BCUT2D eigenvalue weighted by atomic mass is 10.0. The molecular formula is C18H31FN2. The van der Waals surface area contributed by atoms with Gasteiger partial charge in [-0.1, -0.05) is 46.2 Å². The average Bonchev–Trinajstić information content (AvgIpc) is 2.49. The van der Waals surface area contributed by atoms with Gasteiger partial charge in [-0.3, -0.25) is 0 Å². The Bertz CT molecular complexity index is 395. The van der Waals surface area contributed by atoms with E-state index in [2.05, 4.69) is 37.9 Å². The lowest BCUT2D eigenvalue weighted by Crippen LogP contribution is -2.32. The van der Waals surface area contributed by atoms with Gasteiger partial charge in [0.15, 0.2) is 0 Å². The van der Waals surface area contributed by atoms with Crippen LogP contribution in [0.3, 0.4) is 0 Å². The monoisotopic (exact) mass is 294 g/mol.